The molecule has 1 heteroatoms. The van der Waals surface area contributed by atoms with Crippen LogP contribution in [0.15, 0.2) is 47.5 Å². The third-order valence-corrected chi connectivity index (χ3v) is 5.06. The van der Waals surface area contributed by atoms with Crippen LogP contribution in [0.25, 0.3) is 10.8 Å². The second-order valence-electron chi connectivity index (χ2n) is 9.05. The van der Waals surface area contributed by atoms with Crippen LogP contribution in [0.4, 0.5) is 5.69 Å². The highest BCUT2D eigenvalue weighted by atomic mass is 14.8. The SMILES string of the molecule is Cc1cc(C)cc(C2=Nc3c(C)ccc4cc(CC(C)(C)C)cc2c34)c1. The topological polar surface area (TPSA) is 12.4 Å². The molecule has 26 heavy (non-hydrogen) atoms. The van der Waals surface area contributed by atoms with Gasteiger partial charge in [-0.05, 0) is 67.3 Å². The van der Waals surface area contributed by atoms with E-state index in [1.54, 1.807) is 0 Å². The zero-order chi connectivity index (χ0) is 18.6. The van der Waals surface area contributed by atoms with E-state index in [0.29, 0.717) is 0 Å². The van der Waals surface area contributed by atoms with Crippen LogP contribution in [-0.4, -0.2) is 5.71 Å². The number of aliphatic imine (C=N–C) groups is 1. The van der Waals surface area contributed by atoms with Gasteiger partial charge in [-0.3, -0.25) is 0 Å². The minimum Gasteiger partial charge on any atom is -0.247 e. The number of benzene rings is 3. The highest BCUT2D eigenvalue weighted by Crippen LogP contribution is 2.41. The first kappa shape index (κ1) is 17.0. The van der Waals surface area contributed by atoms with E-state index in [2.05, 4.69) is 84.0 Å². The van der Waals surface area contributed by atoms with Gasteiger partial charge in [0.25, 0.3) is 0 Å². The maximum Gasteiger partial charge on any atom is 0.0789 e. The molecule has 0 amide bonds. The number of rotatable bonds is 2. The lowest BCUT2D eigenvalue weighted by atomic mass is 9.85. The fraction of sp³-hybridized carbons (Fsp3) is 0.320. The Balaban J connectivity index is 1.97. The fourth-order valence-corrected chi connectivity index (χ4v) is 4.16. The Kier molecular flexibility index (Phi) is 3.80. The van der Waals surface area contributed by atoms with Gasteiger partial charge in [-0.2, -0.15) is 0 Å². The molecule has 0 fully saturated rings. The van der Waals surface area contributed by atoms with Crippen LogP contribution in [0.1, 0.15) is 54.2 Å². The fourth-order valence-electron chi connectivity index (χ4n) is 4.16. The number of hydrogen-bond donors (Lipinski definition) is 0. The largest absolute Gasteiger partial charge is 0.247 e. The third kappa shape index (κ3) is 2.96. The van der Waals surface area contributed by atoms with E-state index in [9.17, 15) is 0 Å². The van der Waals surface area contributed by atoms with E-state index in [1.165, 1.54) is 44.2 Å². The molecule has 0 atom stereocenters. The Morgan fingerprint density at radius 3 is 2.19 bits per heavy atom. The lowest BCUT2D eigenvalue weighted by molar-refractivity contribution is 0.411. The summed E-state index contributed by atoms with van der Waals surface area (Å²) in [7, 11) is 0. The summed E-state index contributed by atoms with van der Waals surface area (Å²) in [6, 6.07) is 15.9. The molecule has 0 aromatic heterocycles. The van der Waals surface area contributed by atoms with Gasteiger partial charge in [0.1, 0.15) is 0 Å². The van der Waals surface area contributed by atoms with Gasteiger partial charge >= 0.3 is 0 Å². The van der Waals surface area contributed by atoms with Crippen molar-refractivity contribution in [1.82, 2.24) is 0 Å². The Morgan fingerprint density at radius 2 is 1.54 bits per heavy atom. The van der Waals surface area contributed by atoms with E-state index < -0.39 is 0 Å². The van der Waals surface area contributed by atoms with Crippen molar-refractivity contribution in [1.29, 1.82) is 0 Å². The molecule has 1 nitrogen and oxygen atoms in total. The van der Waals surface area contributed by atoms with Gasteiger partial charge in [0.2, 0.25) is 0 Å². The molecule has 4 rings (SSSR count). The smallest absolute Gasteiger partial charge is 0.0789 e. The monoisotopic (exact) mass is 341 g/mol. The molecule has 0 saturated heterocycles. The van der Waals surface area contributed by atoms with Crippen molar-refractivity contribution < 1.29 is 0 Å². The minimum absolute atomic E-state index is 0.268. The van der Waals surface area contributed by atoms with E-state index in [0.717, 1.165) is 17.8 Å². The molecule has 1 aliphatic rings. The average Bonchev–Trinajstić information content (AvgIpc) is 2.89. The van der Waals surface area contributed by atoms with Crippen LogP contribution in [-0.2, 0) is 6.42 Å². The Hall–Kier alpha value is -2.41. The third-order valence-electron chi connectivity index (χ3n) is 5.06. The second kappa shape index (κ2) is 5.81. The Bertz CT molecular complexity index is 1040. The zero-order valence-corrected chi connectivity index (χ0v) is 16.7. The summed E-state index contributed by atoms with van der Waals surface area (Å²) in [5.74, 6) is 0. The van der Waals surface area contributed by atoms with Crippen molar-refractivity contribution in [2.75, 3.05) is 0 Å². The van der Waals surface area contributed by atoms with Gasteiger partial charge in [0, 0.05) is 16.5 Å². The first-order chi connectivity index (χ1) is 12.2. The lowest BCUT2D eigenvalue weighted by Gasteiger charge is -2.19. The molecule has 3 aromatic carbocycles. The highest BCUT2D eigenvalue weighted by molar-refractivity contribution is 6.26. The molecular weight excluding hydrogens is 314 g/mol. The van der Waals surface area contributed by atoms with E-state index >= 15 is 0 Å². The summed E-state index contributed by atoms with van der Waals surface area (Å²) in [6.45, 7) is 13.4. The van der Waals surface area contributed by atoms with Gasteiger partial charge in [-0.1, -0.05) is 56.2 Å². The maximum atomic E-state index is 5.10. The molecule has 1 aliphatic heterocycles. The van der Waals surface area contributed by atoms with Gasteiger partial charge in [-0.25, -0.2) is 4.99 Å². The molecule has 0 radical (unpaired) electrons. The van der Waals surface area contributed by atoms with Gasteiger partial charge in [-0.15, -0.1) is 0 Å². The summed E-state index contributed by atoms with van der Waals surface area (Å²) < 4.78 is 0. The van der Waals surface area contributed by atoms with E-state index in [4.69, 9.17) is 4.99 Å². The second-order valence-corrected chi connectivity index (χ2v) is 9.05. The van der Waals surface area contributed by atoms with E-state index in [1.807, 2.05) is 0 Å². The van der Waals surface area contributed by atoms with Gasteiger partial charge in [0.15, 0.2) is 0 Å². The van der Waals surface area contributed by atoms with Crippen LogP contribution in [0.5, 0.6) is 0 Å². The maximum absolute atomic E-state index is 5.10. The van der Waals surface area contributed by atoms with Crippen molar-refractivity contribution in [3.8, 4) is 0 Å². The van der Waals surface area contributed by atoms with E-state index in [-0.39, 0.29) is 5.41 Å². The summed E-state index contributed by atoms with van der Waals surface area (Å²) in [6.07, 6.45) is 1.07. The number of hydrogen-bond acceptors (Lipinski definition) is 1. The van der Waals surface area contributed by atoms with Crippen LogP contribution < -0.4 is 0 Å². The molecule has 3 aromatic rings. The summed E-state index contributed by atoms with van der Waals surface area (Å²) in [5.41, 5.74) is 10.3. The normalized spacial score (nSPS) is 13.4. The number of aryl methyl sites for hydroxylation is 3. The highest BCUT2D eigenvalue weighted by Gasteiger charge is 2.23. The molecule has 0 aliphatic carbocycles. The minimum atomic E-state index is 0.268. The predicted molar refractivity (Wildman–Crippen MR) is 113 cm³/mol. The van der Waals surface area contributed by atoms with Crippen LogP contribution in [0, 0.1) is 26.2 Å². The van der Waals surface area contributed by atoms with Crippen LogP contribution in [0.3, 0.4) is 0 Å². The first-order valence-electron chi connectivity index (χ1n) is 9.45. The molecule has 0 spiro atoms. The van der Waals surface area contributed by atoms with Crippen LogP contribution in [0.2, 0.25) is 0 Å². The van der Waals surface area contributed by atoms with Crippen molar-refractivity contribution >= 4 is 22.2 Å². The standard InChI is InChI=1S/C25H27N/c1-15-9-16(2)11-20(10-15)24-21-13-18(14-25(4,5)6)12-19-8-7-17(3)23(26-24)22(19)21/h7-13H,14H2,1-6H3. The summed E-state index contributed by atoms with van der Waals surface area (Å²) in [5, 5.41) is 2.63. The zero-order valence-electron chi connectivity index (χ0n) is 16.7. The molecule has 0 saturated carbocycles. The molecule has 0 N–H and O–H groups in total. The van der Waals surface area contributed by atoms with Crippen molar-refractivity contribution in [2.45, 2.75) is 48.0 Å². The summed E-state index contributed by atoms with van der Waals surface area (Å²) in [4.78, 5) is 5.10. The van der Waals surface area contributed by atoms with Gasteiger partial charge in [0.05, 0.1) is 11.4 Å². The molecule has 0 bridgehead atoms. The number of nitrogens with zero attached hydrogens (tertiary/aromatic N) is 1. The molecule has 132 valence electrons. The predicted octanol–water partition coefficient (Wildman–Crippen LogP) is 6.84. The van der Waals surface area contributed by atoms with Crippen molar-refractivity contribution in [3.63, 3.8) is 0 Å². The van der Waals surface area contributed by atoms with Crippen molar-refractivity contribution in [2.24, 2.45) is 10.4 Å². The lowest BCUT2D eigenvalue weighted by Crippen LogP contribution is -2.10. The average molecular weight is 341 g/mol. The molecular formula is C25H27N. The van der Waals surface area contributed by atoms with Crippen molar-refractivity contribution in [3.05, 3.63) is 75.8 Å². The quantitative estimate of drug-likeness (QED) is 0.378. The molecule has 0 unspecified atom stereocenters. The first-order valence-corrected chi connectivity index (χ1v) is 9.45. The Morgan fingerprint density at radius 1 is 0.846 bits per heavy atom. The Labute approximate surface area is 156 Å². The molecule has 1 heterocycles. The summed E-state index contributed by atoms with van der Waals surface area (Å²) >= 11 is 0. The van der Waals surface area contributed by atoms with Gasteiger partial charge < -0.3 is 0 Å². The van der Waals surface area contributed by atoms with Crippen LogP contribution >= 0.6 is 0 Å².